The number of carbonyl (C=O) groups is 2. The molecule has 0 aliphatic rings. The normalized spacial score (nSPS) is 11.4. The molecule has 0 aliphatic heterocycles. The molecule has 0 saturated heterocycles. The lowest BCUT2D eigenvalue weighted by Gasteiger charge is -2.13. The van der Waals surface area contributed by atoms with Crippen LogP contribution in [0.25, 0.3) is 11.1 Å². The van der Waals surface area contributed by atoms with Crippen molar-refractivity contribution in [2.45, 2.75) is 4.90 Å². The van der Waals surface area contributed by atoms with Crippen molar-refractivity contribution in [1.29, 1.82) is 0 Å². The zero-order chi connectivity index (χ0) is 24.8. The summed E-state index contributed by atoms with van der Waals surface area (Å²) in [4.78, 5) is 25.4. The molecule has 6 nitrogen and oxygen atoms in total. The molecule has 35 heavy (non-hydrogen) atoms. The largest absolute Gasteiger partial charge is 0.465 e. The van der Waals surface area contributed by atoms with E-state index in [0.717, 1.165) is 11.1 Å². The third kappa shape index (κ3) is 5.80. The molecule has 176 valence electrons. The summed E-state index contributed by atoms with van der Waals surface area (Å²) in [6.45, 7) is 0. The van der Waals surface area contributed by atoms with Gasteiger partial charge in [0.25, 0.3) is 5.91 Å². The van der Waals surface area contributed by atoms with Gasteiger partial charge in [-0.25, -0.2) is 13.4 Å². The number of benzene rings is 4. The van der Waals surface area contributed by atoms with E-state index in [2.05, 4.69) is 10.0 Å². The zero-order valence-electron chi connectivity index (χ0n) is 18.7. The highest BCUT2D eigenvalue weighted by molar-refractivity contribution is 7.86. The van der Waals surface area contributed by atoms with Gasteiger partial charge in [0.2, 0.25) is 0 Å². The van der Waals surface area contributed by atoms with Crippen molar-refractivity contribution < 1.29 is 22.9 Å². The number of esters is 1. The van der Waals surface area contributed by atoms with Crippen LogP contribution in [0.15, 0.2) is 102 Å². The maximum atomic E-state index is 13.2. The van der Waals surface area contributed by atoms with E-state index in [1.807, 2.05) is 42.5 Å². The fourth-order valence-electron chi connectivity index (χ4n) is 3.35. The molecule has 0 aliphatic carbocycles. The Morgan fingerprint density at radius 2 is 1.49 bits per heavy atom. The fraction of sp³-hybridized carbons (Fsp3) is 0.0370. The van der Waals surface area contributed by atoms with Crippen molar-refractivity contribution in [2.75, 3.05) is 17.1 Å². The van der Waals surface area contributed by atoms with Crippen molar-refractivity contribution >= 4 is 34.2 Å². The van der Waals surface area contributed by atoms with Crippen molar-refractivity contribution in [1.82, 2.24) is 0 Å². The van der Waals surface area contributed by atoms with Crippen LogP contribution in [0.5, 0.6) is 0 Å². The fourth-order valence-corrected chi connectivity index (χ4v) is 4.22. The second kappa shape index (κ2) is 10.8. The minimum absolute atomic E-state index is 0.103. The summed E-state index contributed by atoms with van der Waals surface area (Å²) < 4.78 is 33.4. The van der Waals surface area contributed by atoms with Crippen molar-refractivity contribution in [3.8, 4) is 11.1 Å². The van der Waals surface area contributed by atoms with Gasteiger partial charge in [0, 0.05) is 11.3 Å². The van der Waals surface area contributed by atoms with E-state index >= 15 is 0 Å². The molecule has 1 amide bonds. The molecule has 0 heterocycles. The van der Waals surface area contributed by atoms with Gasteiger partial charge < -0.3 is 14.8 Å². The first-order chi connectivity index (χ1) is 16.9. The molecule has 4 aromatic carbocycles. The highest BCUT2D eigenvalue weighted by atomic mass is 32.2. The number of rotatable bonds is 7. The summed E-state index contributed by atoms with van der Waals surface area (Å²) in [7, 11) is -0.583. The average Bonchev–Trinajstić information content (AvgIpc) is 2.89. The van der Waals surface area contributed by atoms with Gasteiger partial charge in [-0.2, -0.15) is 0 Å². The van der Waals surface area contributed by atoms with Crippen molar-refractivity contribution in [2.24, 2.45) is 0 Å². The summed E-state index contributed by atoms with van der Waals surface area (Å²) in [5.41, 5.74) is 3.16. The van der Waals surface area contributed by atoms with Crippen LogP contribution in [-0.4, -0.2) is 23.2 Å². The van der Waals surface area contributed by atoms with Crippen LogP contribution in [0.4, 0.5) is 15.8 Å². The zero-order valence-corrected chi connectivity index (χ0v) is 19.5. The Labute approximate surface area is 204 Å². The van der Waals surface area contributed by atoms with Gasteiger partial charge in [-0.15, -0.1) is 0 Å². The summed E-state index contributed by atoms with van der Waals surface area (Å²) in [6, 6.07) is 26.7. The molecule has 4 aromatic rings. The predicted octanol–water partition coefficient (Wildman–Crippen LogP) is 5.67. The van der Waals surface area contributed by atoms with E-state index in [-0.39, 0.29) is 16.8 Å². The van der Waals surface area contributed by atoms with Crippen LogP contribution >= 0.6 is 0 Å². The number of anilines is 2. The van der Waals surface area contributed by atoms with Crippen LogP contribution in [-0.2, 0) is 15.7 Å². The van der Waals surface area contributed by atoms with Crippen LogP contribution in [0.1, 0.15) is 20.7 Å². The third-order valence-electron chi connectivity index (χ3n) is 5.17. The van der Waals surface area contributed by atoms with Crippen LogP contribution in [0.3, 0.4) is 0 Å². The van der Waals surface area contributed by atoms with E-state index in [1.165, 1.54) is 49.6 Å². The molecule has 0 radical (unpaired) electrons. The quantitative estimate of drug-likeness (QED) is 0.329. The first kappa shape index (κ1) is 23.8. The molecule has 8 heteroatoms. The predicted molar refractivity (Wildman–Crippen MR) is 134 cm³/mol. The number of carbonyl (C=O) groups excluding carboxylic acids is 2. The van der Waals surface area contributed by atoms with E-state index in [0.29, 0.717) is 10.6 Å². The Morgan fingerprint density at radius 3 is 2.14 bits per heavy atom. The number of hydrogen-bond acceptors (Lipinski definition) is 4. The molecular formula is C27H21FN2O4S. The lowest BCUT2D eigenvalue weighted by Crippen LogP contribution is -2.15. The molecule has 0 aromatic heterocycles. The molecule has 0 fully saturated rings. The molecule has 1 unspecified atom stereocenters. The second-order valence-corrected chi connectivity index (χ2v) is 8.69. The van der Waals surface area contributed by atoms with Gasteiger partial charge >= 0.3 is 5.97 Å². The Hall–Kier alpha value is -4.30. The summed E-state index contributed by atoms with van der Waals surface area (Å²) >= 11 is 0. The Morgan fingerprint density at radius 1 is 0.829 bits per heavy atom. The number of hydrogen-bond donors (Lipinski definition) is 2. The monoisotopic (exact) mass is 488 g/mol. The van der Waals surface area contributed by atoms with Crippen molar-refractivity contribution in [3.05, 3.63) is 114 Å². The van der Waals surface area contributed by atoms with E-state index in [4.69, 9.17) is 4.74 Å². The van der Waals surface area contributed by atoms with E-state index in [9.17, 15) is 18.2 Å². The number of nitrogens with one attached hydrogen (secondary N) is 2. The van der Waals surface area contributed by atoms with E-state index < -0.39 is 28.7 Å². The van der Waals surface area contributed by atoms with Gasteiger partial charge in [-0.3, -0.25) is 4.79 Å². The molecular weight excluding hydrogens is 467 g/mol. The van der Waals surface area contributed by atoms with Crippen LogP contribution in [0, 0.1) is 5.82 Å². The van der Waals surface area contributed by atoms with Gasteiger partial charge in [0.15, 0.2) is 0 Å². The van der Waals surface area contributed by atoms with Gasteiger partial charge in [-0.05, 0) is 65.7 Å². The lowest BCUT2D eigenvalue weighted by molar-refractivity contribution is 0.0601. The summed E-state index contributed by atoms with van der Waals surface area (Å²) in [6.07, 6.45) is 0. The van der Waals surface area contributed by atoms with Crippen LogP contribution < -0.4 is 10.0 Å². The maximum Gasteiger partial charge on any atom is 0.339 e. The first-order valence-corrected chi connectivity index (χ1v) is 11.7. The van der Waals surface area contributed by atoms with Gasteiger partial charge in [-0.1, -0.05) is 42.5 Å². The first-order valence-electron chi connectivity index (χ1n) is 10.6. The summed E-state index contributed by atoms with van der Waals surface area (Å²) in [5, 5.41) is 2.82. The minimum Gasteiger partial charge on any atom is -0.465 e. The maximum absolute atomic E-state index is 13.2. The molecule has 4 rings (SSSR count). The molecule has 0 spiro atoms. The lowest BCUT2D eigenvalue weighted by atomic mass is 10.1. The number of amides is 1. The second-order valence-electron chi connectivity index (χ2n) is 7.47. The number of ether oxygens (including phenoxy) is 1. The highest BCUT2D eigenvalue weighted by Crippen LogP contribution is 2.24. The smallest absolute Gasteiger partial charge is 0.339 e. The third-order valence-corrected chi connectivity index (χ3v) is 6.27. The number of halogens is 1. The minimum atomic E-state index is -1.81. The van der Waals surface area contributed by atoms with Crippen molar-refractivity contribution in [3.63, 3.8) is 0 Å². The SMILES string of the molecule is COC(=O)c1ccc(C(=O)Nc2ccc(-c3ccccc3)cc2)cc1NS(=O)c1ccc(F)cc1. The van der Waals surface area contributed by atoms with Gasteiger partial charge in [0.1, 0.15) is 16.8 Å². The standard InChI is InChI=1S/C27H21FN2O4S/c1-34-27(32)24-16-9-20(17-25(24)30-35(33)23-14-10-21(28)11-15-23)26(31)29-22-12-7-19(8-13-22)18-5-3-2-4-6-18/h2-17,30H,1H3,(H,29,31). The molecule has 1 atom stereocenters. The molecule has 0 saturated carbocycles. The average molecular weight is 489 g/mol. The van der Waals surface area contributed by atoms with Gasteiger partial charge in [0.05, 0.1) is 23.3 Å². The van der Waals surface area contributed by atoms with E-state index in [1.54, 1.807) is 12.1 Å². The topological polar surface area (TPSA) is 84.5 Å². The Bertz CT molecular complexity index is 1370. The molecule has 0 bridgehead atoms. The Balaban J connectivity index is 1.55. The number of methoxy groups -OCH3 is 1. The summed E-state index contributed by atoms with van der Waals surface area (Å²) in [5.74, 6) is -1.53. The van der Waals surface area contributed by atoms with Crippen LogP contribution in [0.2, 0.25) is 0 Å². The highest BCUT2D eigenvalue weighted by Gasteiger charge is 2.18. The Kier molecular flexibility index (Phi) is 7.32. The molecule has 2 N–H and O–H groups in total.